The van der Waals surface area contributed by atoms with Gasteiger partial charge in [0.05, 0.1) is 0 Å². The third-order valence-corrected chi connectivity index (χ3v) is 2.71. The Labute approximate surface area is 108 Å². The molecule has 2 N–H and O–H groups in total. The third-order valence-electron chi connectivity index (χ3n) is 2.71. The van der Waals surface area contributed by atoms with Gasteiger partial charge in [0, 0.05) is 36.4 Å². The van der Waals surface area contributed by atoms with Crippen molar-refractivity contribution >= 4 is 5.91 Å². The monoisotopic (exact) mass is 250 g/mol. The molecule has 1 unspecified atom stereocenters. The van der Waals surface area contributed by atoms with Crippen molar-refractivity contribution in [3.63, 3.8) is 0 Å². The summed E-state index contributed by atoms with van der Waals surface area (Å²) in [7, 11) is 0. The maximum atomic E-state index is 11.7. The van der Waals surface area contributed by atoms with E-state index in [1.807, 2.05) is 39.0 Å². The minimum Gasteiger partial charge on any atom is -0.396 e. The molecule has 100 valence electrons. The summed E-state index contributed by atoms with van der Waals surface area (Å²) >= 11 is 0. The van der Waals surface area contributed by atoms with Gasteiger partial charge in [0.2, 0.25) is 5.91 Å². The van der Waals surface area contributed by atoms with E-state index in [9.17, 15) is 9.90 Å². The van der Waals surface area contributed by atoms with Crippen molar-refractivity contribution in [2.24, 2.45) is 11.3 Å². The van der Waals surface area contributed by atoms with Gasteiger partial charge in [-0.3, -0.25) is 9.78 Å². The molecule has 0 aliphatic rings. The smallest absolute Gasteiger partial charge is 0.225 e. The van der Waals surface area contributed by atoms with Crippen LogP contribution < -0.4 is 5.32 Å². The topological polar surface area (TPSA) is 62.2 Å². The number of nitrogens with zero attached hydrogens (tertiary/aromatic N) is 1. The summed E-state index contributed by atoms with van der Waals surface area (Å²) in [6, 6.07) is 5.71. The van der Waals surface area contributed by atoms with Crippen LogP contribution in [0.25, 0.3) is 0 Å². The third kappa shape index (κ3) is 4.84. The van der Waals surface area contributed by atoms with Gasteiger partial charge in [-0.1, -0.05) is 26.8 Å². The lowest BCUT2D eigenvalue weighted by Gasteiger charge is -2.20. The summed E-state index contributed by atoms with van der Waals surface area (Å²) in [5, 5.41) is 12.2. The van der Waals surface area contributed by atoms with Crippen LogP contribution >= 0.6 is 0 Å². The van der Waals surface area contributed by atoms with Crippen molar-refractivity contribution < 1.29 is 9.90 Å². The Hall–Kier alpha value is -1.42. The van der Waals surface area contributed by atoms with Gasteiger partial charge in [-0.15, -0.1) is 0 Å². The molecule has 0 aromatic carbocycles. The van der Waals surface area contributed by atoms with Crippen LogP contribution in [0.1, 0.15) is 26.5 Å². The Balaban J connectivity index is 2.46. The highest BCUT2D eigenvalue weighted by molar-refractivity contribution is 5.81. The van der Waals surface area contributed by atoms with Gasteiger partial charge < -0.3 is 10.4 Å². The molecule has 0 fully saturated rings. The van der Waals surface area contributed by atoms with Gasteiger partial charge in [0.1, 0.15) is 0 Å². The molecular formula is C14H22N2O2. The Bertz CT molecular complexity index is 371. The summed E-state index contributed by atoms with van der Waals surface area (Å²) in [5.41, 5.74) is 0.534. The lowest BCUT2D eigenvalue weighted by atomic mass is 9.95. The quantitative estimate of drug-likeness (QED) is 0.830. The highest BCUT2D eigenvalue weighted by Crippen LogP contribution is 2.13. The minimum absolute atomic E-state index is 0.00182. The Morgan fingerprint density at radius 2 is 2.17 bits per heavy atom. The SMILES string of the molecule is CC(C)(C)C(=O)NCC(CO)Cc1ccccn1. The van der Waals surface area contributed by atoms with Crippen molar-refractivity contribution in [2.75, 3.05) is 13.2 Å². The maximum absolute atomic E-state index is 11.7. The van der Waals surface area contributed by atoms with E-state index < -0.39 is 5.41 Å². The molecule has 0 radical (unpaired) electrons. The van der Waals surface area contributed by atoms with Crippen molar-refractivity contribution in [1.82, 2.24) is 10.3 Å². The molecule has 0 bridgehead atoms. The molecule has 0 spiro atoms. The standard InChI is InChI=1S/C14H22N2O2/c1-14(2,3)13(18)16-9-11(10-17)8-12-6-4-5-7-15-12/h4-7,11,17H,8-10H2,1-3H3,(H,16,18). The molecule has 1 amide bonds. The van der Waals surface area contributed by atoms with E-state index in [0.29, 0.717) is 13.0 Å². The van der Waals surface area contributed by atoms with Crippen LogP contribution in [0.2, 0.25) is 0 Å². The summed E-state index contributed by atoms with van der Waals surface area (Å²) in [4.78, 5) is 15.9. The zero-order valence-corrected chi connectivity index (χ0v) is 11.3. The van der Waals surface area contributed by atoms with E-state index in [0.717, 1.165) is 5.69 Å². The zero-order chi connectivity index (χ0) is 13.6. The van der Waals surface area contributed by atoms with E-state index >= 15 is 0 Å². The number of aliphatic hydroxyl groups is 1. The van der Waals surface area contributed by atoms with E-state index in [1.54, 1.807) is 6.20 Å². The van der Waals surface area contributed by atoms with Crippen LogP contribution in [0, 0.1) is 11.3 Å². The van der Waals surface area contributed by atoms with Crippen molar-refractivity contribution in [3.05, 3.63) is 30.1 Å². The molecular weight excluding hydrogens is 228 g/mol. The number of aliphatic hydroxyl groups excluding tert-OH is 1. The Morgan fingerprint density at radius 3 is 2.67 bits per heavy atom. The first-order chi connectivity index (χ1) is 8.43. The Kier molecular flexibility index (Phi) is 5.28. The van der Waals surface area contributed by atoms with Gasteiger partial charge in [0.25, 0.3) is 0 Å². The van der Waals surface area contributed by atoms with E-state index in [2.05, 4.69) is 10.3 Å². The average Bonchev–Trinajstić information content (AvgIpc) is 2.34. The number of rotatable bonds is 5. The molecule has 0 aliphatic carbocycles. The normalized spacial score (nSPS) is 13.1. The second-order valence-corrected chi connectivity index (χ2v) is 5.53. The fourth-order valence-corrected chi connectivity index (χ4v) is 1.52. The van der Waals surface area contributed by atoms with Crippen molar-refractivity contribution in [1.29, 1.82) is 0 Å². The van der Waals surface area contributed by atoms with Crippen LogP contribution in [-0.4, -0.2) is 29.1 Å². The van der Waals surface area contributed by atoms with Crippen molar-refractivity contribution in [3.8, 4) is 0 Å². The molecule has 1 heterocycles. The molecule has 0 saturated carbocycles. The van der Waals surface area contributed by atoms with Gasteiger partial charge in [-0.2, -0.15) is 0 Å². The van der Waals surface area contributed by atoms with Gasteiger partial charge >= 0.3 is 0 Å². The van der Waals surface area contributed by atoms with Crippen LogP contribution in [0.5, 0.6) is 0 Å². The number of amides is 1. The number of aromatic nitrogens is 1. The summed E-state index contributed by atoms with van der Waals surface area (Å²) in [6.45, 7) is 6.13. The van der Waals surface area contributed by atoms with Crippen LogP contribution in [0.3, 0.4) is 0 Å². The lowest BCUT2D eigenvalue weighted by molar-refractivity contribution is -0.128. The molecule has 4 heteroatoms. The van der Waals surface area contributed by atoms with Gasteiger partial charge in [0.15, 0.2) is 0 Å². The molecule has 18 heavy (non-hydrogen) atoms. The summed E-state index contributed by atoms with van der Waals surface area (Å²) < 4.78 is 0. The Morgan fingerprint density at radius 1 is 1.44 bits per heavy atom. The predicted molar refractivity (Wildman–Crippen MR) is 71.0 cm³/mol. The minimum atomic E-state index is -0.398. The maximum Gasteiger partial charge on any atom is 0.225 e. The van der Waals surface area contributed by atoms with E-state index in [-0.39, 0.29) is 18.4 Å². The fraction of sp³-hybridized carbons (Fsp3) is 0.571. The van der Waals surface area contributed by atoms with E-state index in [4.69, 9.17) is 0 Å². The van der Waals surface area contributed by atoms with Crippen molar-refractivity contribution in [2.45, 2.75) is 27.2 Å². The number of nitrogens with one attached hydrogen (secondary N) is 1. The first-order valence-corrected chi connectivity index (χ1v) is 6.22. The van der Waals surface area contributed by atoms with Crippen LogP contribution in [0.4, 0.5) is 0 Å². The summed E-state index contributed by atoms with van der Waals surface area (Å²) in [6.07, 6.45) is 2.40. The zero-order valence-electron chi connectivity index (χ0n) is 11.3. The molecule has 4 nitrogen and oxygen atoms in total. The molecule has 1 aromatic rings. The second-order valence-electron chi connectivity index (χ2n) is 5.53. The number of hydrogen-bond donors (Lipinski definition) is 2. The highest BCUT2D eigenvalue weighted by Gasteiger charge is 2.21. The molecule has 0 aliphatic heterocycles. The predicted octanol–water partition coefficient (Wildman–Crippen LogP) is 1.39. The first-order valence-electron chi connectivity index (χ1n) is 6.22. The highest BCUT2D eigenvalue weighted by atomic mass is 16.3. The molecule has 1 atom stereocenters. The van der Waals surface area contributed by atoms with E-state index in [1.165, 1.54) is 0 Å². The number of carbonyl (C=O) groups excluding carboxylic acids is 1. The van der Waals surface area contributed by atoms with Gasteiger partial charge in [-0.25, -0.2) is 0 Å². The largest absolute Gasteiger partial charge is 0.396 e. The first kappa shape index (κ1) is 14.6. The van der Waals surface area contributed by atoms with Crippen LogP contribution in [-0.2, 0) is 11.2 Å². The second kappa shape index (κ2) is 6.50. The number of hydrogen-bond acceptors (Lipinski definition) is 3. The average molecular weight is 250 g/mol. The number of pyridine rings is 1. The molecule has 1 rings (SSSR count). The van der Waals surface area contributed by atoms with Gasteiger partial charge in [-0.05, 0) is 18.6 Å². The number of carbonyl (C=O) groups is 1. The summed E-state index contributed by atoms with van der Waals surface area (Å²) in [5.74, 6) is 0.00757. The fourth-order valence-electron chi connectivity index (χ4n) is 1.52. The molecule has 1 aromatic heterocycles. The van der Waals surface area contributed by atoms with Crippen LogP contribution in [0.15, 0.2) is 24.4 Å². The molecule has 0 saturated heterocycles. The lowest BCUT2D eigenvalue weighted by Crippen LogP contribution is -2.39.